The van der Waals surface area contributed by atoms with Crippen LogP contribution in [0.5, 0.6) is 0 Å². The standard InChI is InChI=1S/C24H38N6/c1-6-25-24(27-16-23-19(3)28-29(5)20(23)4)26-15-21-12-7-8-13-22(21)17-30-14-10-9-11-18(30)2/h7-8,12-13,18H,6,9-11,14-17H2,1-5H3,(H2,25,26,27). The molecule has 3 rings (SSSR count). The van der Waals surface area contributed by atoms with Gasteiger partial charge in [-0.25, -0.2) is 4.99 Å². The van der Waals surface area contributed by atoms with Gasteiger partial charge in [-0.05, 0) is 58.2 Å². The number of aromatic nitrogens is 2. The molecule has 2 heterocycles. The van der Waals surface area contributed by atoms with E-state index in [0.29, 0.717) is 12.6 Å². The first kappa shape index (κ1) is 22.3. The van der Waals surface area contributed by atoms with Gasteiger partial charge in [-0.2, -0.15) is 5.10 Å². The van der Waals surface area contributed by atoms with Gasteiger partial charge in [0.1, 0.15) is 0 Å². The van der Waals surface area contributed by atoms with E-state index in [-0.39, 0.29) is 0 Å². The van der Waals surface area contributed by atoms with Crippen LogP contribution in [0, 0.1) is 13.8 Å². The van der Waals surface area contributed by atoms with Gasteiger partial charge < -0.3 is 10.6 Å². The maximum atomic E-state index is 4.89. The number of nitrogens with zero attached hydrogens (tertiary/aromatic N) is 4. The normalized spacial score (nSPS) is 17.9. The summed E-state index contributed by atoms with van der Waals surface area (Å²) in [6.07, 6.45) is 3.98. The molecule has 0 saturated carbocycles. The van der Waals surface area contributed by atoms with E-state index in [9.17, 15) is 0 Å². The Morgan fingerprint density at radius 3 is 2.60 bits per heavy atom. The third kappa shape index (κ3) is 5.63. The van der Waals surface area contributed by atoms with E-state index in [2.05, 4.69) is 72.6 Å². The molecule has 0 radical (unpaired) electrons. The molecule has 0 aliphatic carbocycles. The van der Waals surface area contributed by atoms with Gasteiger partial charge in [0, 0.05) is 44.0 Å². The fourth-order valence-electron chi connectivity index (χ4n) is 4.23. The van der Waals surface area contributed by atoms with Crippen LogP contribution in [0.1, 0.15) is 61.2 Å². The van der Waals surface area contributed by atoms with Crippen LogP contribution in [-0.2, 0) is 26.7 Å². The van der Waals surface area contributed by atoms with Crippen LogP contribution in [0.15, 0.2) is 29.3 Å². The highest BCUT2D eigenvalue weighted by molar-refractivity contribution is 5.79. The molecule has 0 bridgehead atoms. The molecular formula is C24H38N6. The minimum Gasteiger partial charge on any atom is -0.357 e. The molecule has 6 nitrogen and oxygen atoms in total. The molecular weight excluding hydrogens is 372 g/mol. The first-order valence-corrected chi connectivity index (χ1v) is 11.3. The lowest BCUT2D eigenvalue weighted by atomic mass is 10.0. The van der Waals surface area contributed by atoms with Crippen molar-refractivity contribution in [2.24, 2.45) is 12.0 Å². The molecule has 1 aliphatic rings. The highest BCUT2D eigenvalue weighted by Gasteiger charge is 2.19. The van der Waals surface area contributed by atoms with E-state index in [0.717, 1.165) is 31.3 Å². The van der Waals surface area contributed by atoms with Crippen LogP contribution in [0.2, 0.25) is 0 Å². The van der Waals surface area contributed by atoms with E-state index < -0.39 is 0 Å². The lowest BCUT2D eigenvalue weighted by Gasteiger charge is -2.33. The SMILES string of the molecule is CCNC(=NCc1ccccc1CN1CCCCC1C)NCc1c(C)nn(C)c1C. The Morgan fingerprint density at radius 2 is 1.93 bits per heavy atom. The summed E-state index contributed by atoms with van der Waals surface area (Å²) in [6, 6.07) is 9.41. The van der Waals surface area contributed by atoms with Crippen LogP contribution < -0.4 is 10.6 Å². The molecule has 2 aromatic rings. The van der Waals surface area contributed by atoms with Gasteiger partial charge in [-0.15, -0.1) is 0 Å². The third-order valence-corrected chi connectivity index (χ3v) is 6.28. The summed E-state index contributed by atoms with van der Waals surface area (Å²) in [5.41, 5.74) is 6.20. The van der Waals surface area contributed by atoms with Crippen molar-refractivity contribution in [3.8, 4) is 0 Å². The van der Waals surface area contributed by atoms with Crippen molar-refractivity contribution in [1.82, 2.24) is 25.3 Å². The van der Waals surface area contributed by atoms with Crippen LogP contribution >= 0.6 is 0 Å². The minimum absolute atomic E-state index is 0.667. The zero-order valence-electron chi connectivity index (χ0n) is 19.3. The molecule has 0 spiro atoms. The van der Waals surface area contributed by atoms with Crippen LogP contribution in [0.25, 0.3) is 0 Å². The highest BCUT2D eigenvalue weighted by atomic mass is 15.3. The first-order chi connectivity index (χ1) is 14.5. The molecule has 164 valence electrons. The molecule has 30 heavy (non-hydrogen) atoms. The fraction of sp³-hybridized carbons (Fsp3) is 0.583. The summed E-state index contributed by atoms with van der Waals surface area (Å²) in [7, 11) is 1.99. The van der Waals surface area contributed by atoms with Crippen molar-refractivity contribution in [2.45, 2.75) is 72.6 Å². The monoisotopic (exact) mass is 410 g/mol. The van der Waals surface area contributed by atoms with Crippen LogP contribution in [0.3, 0.4) is 0 Å². The van der Waals surface area contributed by atoms with Gasteiger partial charge in [0.15, 0.2) is 5.96 Å². The highest BCUT2D eigenvalue weighted by Crippen LogP contribution is 2.21. The van der Waals surface area contributed by atoms with Crippen molar-refractivity contribution in [2.75, 3.05) is 13.1 Å². The average Bonchev–Trinajstić information content (AvgIpc) is 2.98. The van der Waals surface area contributed by atoms with Gasteiger partial charge in [0.05, 0.1) is 12.2 Å². The van der Waals surface area contributed by atoms with E-state index in [1.807, 2.05) is 11.7 Å². The Kier molecular flexibility index (Phi) is 7.91. The van der Waals surface area contributed by atoms with Gasteiger partial charge in [0.25, 0.3) is 0 Å². The topological polar surface area (TPSA) is 57.5 Å². The zero-order valence-corrected chi connectivity index (χ0v) is 19.3. The van der Waals surface area contributed by atoms with E-state index in [1.54, 1.807) is 0 Å². The maximum Gasteiger partial charge on any atom is 0.191 e. The summed E-state index contributed by atoms with van der Waals surface area (Å²) in [5, 5.41) is 11.4. The number of aryl methyl sites for hydroxylation is 2. The van der Waals surface area contributed by atoms with E-state index >= 15 is 0 Å². The first-order valence-electron chi connectivity index (χ1n) is 11.3. The largest absolute Gasteiger partial charge is 0.357 e. The Bertz CT molecular complexity index is 853. The van der Waals surface area contributed by atoms with Crippen molar-refractivity contribution in [3.63, 3.8) is 0 Å². The second-order valence-electron chi connectivity index (χ2n) is 8.41. The summed E-state index contributed by atoms with van der Waals surface area (Å²) < 4.78 is 1.94. The van der Waals surface area contributed by atoms with E-state index in [1.165, 1.54) is 48.2 Å². The molecule has 1 saturated heterocycles. The van der Waals surface area contributed by atoms with Crippen molar-refractivity contribution in [3.05, 3.63) is 52.3 Å². The van der Waals surface area contributed by atoms with Crippen molar-refractivity contribution >= 4 is 5.96 Å². The number of nitrogens with one attached hydrogen (secondary N) is 2. The predicted molar refractivity (Wildman–Crippen MR) is 125 cm³/mol. The lowest BCUT2D eigenvalue weighted by molar-refractivity contribution is 0.152. The van der Waals surface area contributed by atoms with Gasteiger partial charge in [0.2, 0.25) is 0 Å². The molecule has 1 unspecified atom stereocenters. The van der Waals surface area contributed by atoms with Crippen LogP contribution in [-0.4, -0.2) is 39.8 Å². The van der Waals surface area contributed by atoms with Crippen molar-refractivity contribution in [1.29, 1.82) is 0 Å². The second kappa shape index (κ2) is 10.6. The summed E-state index contributed by atoms with van der Waals surface area (Å²) in [6.45, 7) is 13.1. The Labute approximate surface area is 181 Å². The number of hydrogen-bond acceptors (Lipinski definition) is 3. The summed E-state index contributed by atoms with van der Waals surface area (Å²) in [4.78, 5) is 7.50. The van der Waals surface area contributed by atoms with E-state index in [4.69, 9.17) is 4.99 Å². The Hall–Kier alpha value is -2.34. The van der Waals surface area contributed by atoms with Crippen molar-refractivity contribution < 1.29 is 0 Å². The quantitative estimate of drug-likeness (QED) is 0.540. The Balaban J connectivity index is 1.68. The smallest absolute Gasteiger partial charge is 0.191 e. The number of hydrogen-bond donors (Lipinski definition) is 2. The minimum atomic E-state index is 0.667. The molecule has 1 aliphatic heterocycles. The number of guanidine groups is 1. The summed E-state index contributed by atoms with van der Waals surface area (Å²) in [5.74, 6) is 0.848. The average molecular weight is 411 g/mol. The van der Waals surface area contributed by atoms with Gasteiger partial charge in [-0.3, -0.25) is 9.58 Å². The predicted octanol–water partition coefficient (Wildman–Crippen LogP) is 3.67. The third-order valence-electron chi connectivity index (χ3n) is 6.28. The van der Waals surface area contributed by atoms with Gasteiger partial charge in [-0.1, -0.05) is 30.7 Å². The molecule has 0 amide bonds. The zero-order chi connectivity index (χ0) is 21.5. The molecule has 1 atom stereocenters. The number of rotatable bonds is 7. The number of benzene rings is 1. The lowest BCUT2D eigenvalue weighted by Crippen LogP contribution is -2.37. The number of aliphatic imine (C=N–C) groups is 1. The Morgan fingerprint density at radius 1 is 1.17 bits per heavy atom. The molecule has 1 aromatic heterocycles. The number of likely N-dealkylation sites (tertiary alicyclic amines) is 1. The fourth-order valence-corrected chi connectivity index (χ4v) is 4.23. The second-order valence-corrected chi connectivity index (χ2v) is 8.41. The van der Waals surface area contributed by atoms with Crippen LogP contribution in [0.4, 0.5) is 0 Å². The summed E-state index contributed by atoms with van der Waals surface area (Å²) >= 11 is 0. The molecule has 6 heteroatoms. The van der Waals surface area contributed by atoms with Gasteiger partial charge >= 0.3 is 0 Å². The maximum absolute atomic E-state index is 4.89. The number of piperidine rings is 1. The molecule has 2 N–H and O–H groups in total. The molecule has 1 aromatic carbocycles. The molecule has 1 fully saturated rings.